The predicted molar refractivity (Wildman–Crippen MR) is 88.3 cm³/mol. The van der Waals surface area contributed by atoms with Crippen LogP contribution in [0.15, 0.2) is 48.5 Å². The maximum absolute atomic E-state index is 2.56. The van der Waals surface area contributed by atoms with E-state index in [2.05, 4.69) is 75.0 Å². The molecule has 0 aromatic heterocycles. The number of hydrogen-bond acceptors (Lipinski definition) is 0. The molecule has 20 heavy (non-hydrogen) atoms. The van der Waals surface area contributed by atoms with Gasteiger partial charge < -0.3 is 24.0 Å². The van der Waals surface area contributed by atoms with Crippen LogP contribution in [0.4, 0.5) is 0 Å². The molecular formula is C18H24AsI. The first-order valence-corrected chi connectivity index (χ1v) is 12.2. The van der Waals surface area contributed by atoms with Gasteiger partial charge in [0.2, 0.25) is 0 Å². The van der Waals surface area contributed by atoms with Gasteiger partial charge in [-0.15, -0.1) is 0 Å². The Morgan fingerprint density at radius 2 is 1.20 bits per heavy atom. The van der Waals surface area contributed by atoms with Crippen LogP contribution in [-0.4, -0.2) is 13.6 Å². The zero-order valence-electron chi connectivity index (χ0n) is 12.9. The molecule has 2 aromatic carbocycles. The van der Waals surface area contributed by atoms with E-state index >= 15 is 0 Å². The number of benzene rings is 2. The van der Waals surface area contributed by atoms with E-state index in [0.717, 1.165) is 0 Å². The monoisotopic (exact) mass is 442 g/mol. The summed E-state index contributed by atoms with van der Waals surface area (Å²) in [6.07, 6.45) is 1.27. The van der Waals surface area contributed by atoms with E-state index in [4.69, 9.17) is 0 Å². The first kappa shape index (κ1) is 17.8. The molecule has 0 atom stereocenters. The smallest absolute Gasteiger partial charge is 1.00 e. The summed E-state index contributed by atoms with van der Waals surface area (Å²) in [6.45, 7) is 6.85. The van der Waals surface area contributed by atoms with Crippen molar-refractivity contribution in [1.82, 2.24) is 0 Å². The molecule has 0 aliphatic heterocycles. The normalized spacial score (nSPS) is 11.0. The summed E-state index contributed by atoms with van der Waals surface area (Å²) >= 11 is -2.00. The molecule has 2 aromatic rings. The predicted octanol–water partition coefficient (Wildman–Crippen LogP) is 0.910. The Hall–Kier alpha value is -0.272. The molecule has 2 heteroatoms. The van der Waals surface area contributed by atoms with Crippen LogP contribution in [0.25, 0.3) is 0 Å². The molecule has 0 aliphatic carbocycles. The molecule has 0 unspecified atom stereocenters. The summed E-state index contributed by atoms with van der Waals surface area (Å²) in [6, 6.07) is 18.0. The number of aryl methyl sites for hydroxylation is 2. The van der Waals surface area contributed by atoms with Gasteiger partial charge in [0.05, 0.1) is 0 Å². The summed E-state index contributed by atoms with van der Waals surface area (Å²) < 4.78 is 3.27. The van der Waals surface area contributed by atoms with Gasteiger partial charge in [0.15, 0.2) is 0 Å². The number of hydrogen-bond donors (Lipinski definition) is 0. The second-order valence-electron chi connectivity index (χ2n) is 5.49. The maximum atomic E-state index is 2.56. The van der Waals surface area contributed by atoms with Crippen molar-refractivity contribution in [3.8, 4) is 0 Å². The summed E-state index contributed by atoms with van der Waals surface area (Å²) in [5.41, 5.74) is 5.50. The van der Waals surface area contributed by atoms with Gasteiger partial charge in [0.25, 0.3) is 0 Å². The molecule has 0 saturated heterocycles. The van der Waals surface area contributed by atoms with Gasteiger partial charge in [-0.05, 0) is 0 Å². The fraction of sp³-hybridized carbons (Fsp3) is 0.333. The van der Waals surface area contributed by atoms with Crippen molar-refractivity contribution in [2.24, 2.45) is 0 Å². The third-order valence-corrected chi connectivity index (χ3v) is 13.3. The molecule has 0 fully saturated rings. The molecule has 0 bridgehead atoms. The quantitative estimate of drug-likeness (QED) is 0.488. The first-order valence-electron chi connectivity index (χ1n) is 7.07. The number of rotatable bonds is 4. The average Bonchev–Trinajstić information content (AvgIpc) is 2.39. The van der Waals surface area contributed by atoms with E-state index < -0.39 is 13.6 Å². The molecule has 0 N–H and O–H groups in total. The minimum Gasteiger partial charge on any atom is -1.00 e. The first-order chi connectivity index (χ1) is 9.09. The molecule has 0 heterocycles. The van der Waals surface area contributed by atoms with Crippen molar-refractivity contribution < 1.29 is 24.0 Å². The van der Waals surface area contributed by atoms with E-state index in [9.17, 15) is 0 Å². The second kappa shape index (κ2) is 7.66. The van der Waals surface area contributed by atoms with E-state index in [-0.39, 0.29) is 24.0 Å². The van der Waals surface area contributed by atoms with E-state index in [1.807, 2.05) is 0 Å². The Morgan fingerprint density at radius 1 is 0.800 bits per heavy atom. The van der Waals surface area contributed by atoms with Crippen molar-refractivity contribution in [3.05, 3.63) is 59.7 Å². The Balaban J connectivity index is 0.00000200. The minimum absolute atomic E-state index is 0. The molecular weight excluding hydrogens is 418 g/mol. The van der Waals surface area contributed by atoms with Crippen molar-refractivity contribution in [3.63, 3.8) is 0 Å². The third-order valence-electron chi connectivity index (χ3n) is 3.97. The molecule has 0 radical (unpaired) electrons. The van der Waals surface area contributed by atoms with E-state index in [1.165, 1.54) is 22.8 Å². The molecule has 0 spiro atoms. The Morgan fingerprint density at radius 3 is 1.55 bits per heavy atom. The van der Waals surface area contributed by atoms with Crippen LogP contribution in [-0.2, 0) is 0 Å². The van der Waals surface area contributed by atoms with Gasteiger partial charge in [-0.25, -0.2) is 0 Å². The standard InChI is InChI=1S/C18H24As.HI/c1-5-14-19(4,17-12-8-6-10-15(17)2)18-13-9-7-11-16(18)3;/h6-13H,5,14H2,1-4H3;1H/q+1;/p-1. The van der Waals surface area contributed by atoms with E-state index in [1.54, 1.807) is 8.70 Å². The maximum Gasteiger partial charge on any atom is -1.00 e. The third kappa shape index (κ3) is 3.49. The molecule has 0 saturated carbocycles. The van der Waals surface area contributed by atoms with Crippen molar-refractivity contribution in [2.45, 2.75) is 38.1 Å². The van der Waals surface area contributed by atoms with E-state index in [0.29, 0.717) is 0 Å². The average molecular weight is 442 g/mol. The van der Waals surface area contributed by atoms with Gasteiger partial charge >= 0.3 is 120 Å². The number of halogens is 1. The van der Waals surface area contributed by atoms with Crippen LogP contribution in [0.1, 0.15) is 24.5 Å². The van der Waals surface area contributed by atoms with Crippen LogP contribution in [0.3, 0.4) is 0 Å². The van der Waals surface area contributed by atoms with Crippen LogP contribution < -0.4 is 32.7 Å². The summed E-state index contributed by atoms with van der Waals surface area (Å²) in [5, 5.41) is 1.36. The van der Waals surface area contributed by atoms with Crippen LogP contribution in [0, 0.1) is 13.8 Å². The van der Waals surface area contributed by atoms with Gasteiger partial charge in [-0.2, -0.15) is 0 Å². The minimum atomic E-state index is -2.00. The molecule has 2 rings (SSSR count). The van der Waals surface area contributed by atoms with Crippen molar-refractivity contribution in [1.29, 1.82) is 0 Å². The fourth-order valence-electron chi connectivity index (χ4n) is 3.05. The Bertz CT molecular complexity index is 517. The van der Waals surface area contributed by atoms with Crippen LogP contribution in [0.5, 0.6) is 0 Å². The Kier molecular flexibility index (Phi) is 6.81. The van der Waals surface area contributed by atoms with Gasteiger partial charge in [0.1, 0.15) is 0 Å². The molecule has 0 aliphatic rings. The Labute approximate surface area is 143 Å². The largest absolute Gasteiger partial charge is 1.00 e. The van der Waals surface area contributed by atoms with Crippen molar-refractivity contribution in [2.75, 3.05) is 0 Å². The van der Waals surface area contributed by atoms with Crippen LogP contribution >= 0.6 is 0 Å². The summed E-state index contributed by atoms with van der Waals surface area (Å²) in [5.74, 6) is 0. The van der Waals surface area contributed by atoms with Crippen LogP contribution in [0.2, 0.25) is 10.9 Å². The molecule has 0 amide bonds. The van der Waals surface area contributed by atoms with Gasteiger partial charge in [0, 0.05) is 0 Å². The second-order valence-corrected chi connectivity index (χ2v) is 13.4. The SMILES string of the molecule is CCC[As+](C)(c1ccccc1C)c1ccccc1C.[I-]. The fourth-order valence-corrected chi connectivity index (χ4v) is 11.8. The summed E-state index contributed by atoms with van der Waals surface area (Å²) in [7, 11) is 0. The summed E-state index contributed by atoms with van der Waals surface area (Å²) in [4.78, 5) is 0. The van der Waals surface area contributed by atoms with Gasteiger partial charge in [-0.3, -0.25) is 0 Å². The molecule has 0 nitrogen and oxygen atoms in total. The van der Waals surface area contributed by atoms with Gasteiger partial charge in [-0.1, -0.05) is 0 Å². The topological polar surface area (TPSA) is 0 Å². The zero-order valence-corrected chi connectivity index (χ0v) is 16.9. The molecule has 108 valence electrons. The zero-order chi connectivity index (χ0) is 13.9. The van der Waals surface area contributed by atoms with Crippen molar-refractivity contribution >= 4 is 22.3 Å².